The Morgan fingerprint density at radius 3 is 2.83 bits per heavy atom. The Labute approximate surface area is 106 Å². The minimum Gasteiger partial charge on any atom is -0.332 e. The Kier molecular flexibility index (Phi) is 2.62. The third-order valence-electron chi connectivity index (χ3n) is 4.01. The maximum Gasteiger partial charge on any atom is 0.276 e. The molecule has 0 aliphatic carbocycles. The molecule has 2 fully saturated rings. The molecule has 2 saturated heterocycles. The molecule has 1 N–H and O–H groups in total. The average molecular weight is 249 g/mol. The molecule has 0 atom stereocenters. The number of nitrogens with zero attached hydrogens (tertiary/aromatic N) is 4. The van der Waals surface area contributed by atoms with Crippen LogP contribution in [0, 0.1) is 0 Å². The van der Waals surface area contributed by atoms with E-state index in [0.717, 1.165) is 32.5 Å². The van der Waals surface area contributed by atoms with Crippen LogP contribution in [0.15, 0.2) is 6.20 Å². The second-order valence-electron chi connectivity index (χ2n) is 5.77. The van der Waals surface area contributed by atoms with Crippen molar-refractivity contribution in [2.24, 2.45) is 0 Å². The first-order valence-electron chi connectivity index (χ1n) is 6.52. The summed E-state index contributed by atoms with van der Waals surface area (Å²) >= 11 is 0. The highest BCUT2D eigenvalue weighted by atomic mass is 16.2. The van der Waals surface area contributed by atoms with Gasteiger partial charge in [-0.25, -0.2) is 4.68 Å². The lowest BCUT2D eigenvalue weighted by Gasteiger charge is -2.30. The zero-order valence-electron chi connectivity index (χ0n) is 10.9. The summed E-state index contributed by atoms with van der Waals surface area (Å²) in [4.78, 5) is 14.3. The lowest BCUT2D eigenvalue weighted by Crippen LogP contribution is -2.44. The van der Waals surface area contributed by atoms with Gasteiger partial charge in [-0.2, -0.15) is 0 Å². The molecule has 6 heteroatoms. The number of nitrogens with one attached hydrogen (secondary N) is 1. The van der Waals surface area contributed by atoms with E-state index in [1.165, 1.54) is 0 Å². The monoisotopic (exact) mass is 249 g/mol. The van der Waals surface area contributed by atoms with Gasteiger partial charge in [0.15, 0.2) is 5.69 Å². The minimum absolute atomic E-state index is 0.0102. The Bertz CT molecular complexity index is 463. The van der Waals surface area contributed by atoms with E-state index in [9.17, 15) is 4.79 Å². The molecular weight excluding hydrogens is 230 g/mol. The molecule has 18 heavy (non-hydrogen) atoms. The number of amides is 1. The number of carbonyl (C=O) groups is 1. The maximum absolute atomic E-state index is 12.4. The Hall–Kier alpha value is -1.43. The largest absolute Gasteiger partial charge is 0.332 e. The first-order chi connectivity index (χ1) is 8.58. The van der Waals surface area contributed by atoms with Crippen LogP contribution in [0.3, 0.4) is 0 Å². The highest BCUT2D eigenvalue weighted by Gasteiger charge is 2.37. The van der Waals surface area contributed by atoms with Crippen LogP contribution in [0.2, 0.25) is 0 Å². The third kappa shape index (κ3) is 1.80. The number of hydrogen-bond donors (Lipinski definition) is 1. The molecule has 0 unspecified atom stereocenters. The second-order valence-corrected chi connectivity index (χ2v) is 5.77. The van der Waals surface area contributed by atoms with Gasteiger partial charge < -0.3 is 10.2 Å². The van der Waals surface area contributed by atoms with Crippen LogP contribution in [0.25, 0.3) is 0 Å². The molecule has 2 aliphatic heterocycles. The average Bonchev–Trinajstić information content (AvgIpc) is 2.81. The molecule has 3 heterocycles. The van der Waals surface area contributed by atoms with Gasteiger partial charge in [0.05, 0.1) is 12.2 Å². The van der Waals surface area contributed by atoms with Gasteiger partial charge in [-0.15, -0.1) is 5.10 Å². The molecule has 2 aliphatic rings. The first-order valence-corrected chi connectivity index (χ1v) is 6.52. The highest BCUT2D eigenvalue weighted by molar-refractivity contribution is 5.92. The lowest BCUT2D eigenvalue weighted by atomic mass is 10.0. The summed E-state index contributed by atoms with van der Waals surface area (Å²) in [5, 5.41) is 11.3. The smallest absolute Gasteiger partial charge is 0.276 e. The van der Waals surface area contributed by atoms with Gasteiger partial charge in [0.2, 0.25) is 0 Å². The molecule has 6 nitrogen and oxygen atoms in total. The van der Waals surface area contributed by atoms with Crippen molar-refractivity contribution in [3.63, 3.8) is 0 Å². The first kappa shape index (κ1) is 11.6. The van der Waals surface area contributed by atoms with Crippen molar-refractivity contribution in [3.05, 3.63) is 11.9 Å². The zero-order valence-corrected chi connectivity index (χ0v) is 10.9. The molecule has 1 amide bonds. The van der Waals surface area contributed by atoms with E-state index in [2.05, 4.69) is 29.5 Å². The van der Waals surface area contributed by atoms with E-state index in [1.54, 1.807) is 10.9 Å². The van der Waals surface area contributed by atoms with Gasteiger partial charge in [-0.05, 0) is 26.7 Å². The summed E-state index contributed by atoms with van der Waals surface area (Å²) in [6.07, 6.45) is 3.90. The van der Waals surface area contributed by atoms with Crippen LogP contribution in [0.5, 0.6) is 0 Å². The maximum atomic E-state index is 12.4. The van der Waals surface area contributed by atoms with Crippen LogP contribution < -0.4 is 5.32 Å². The van der Waals surface area contributed by atoms with Crippen molar-refractivity contribution in [1.82, 2.24) is 25.2 Å². The van der Waals surface area contributed by atoms with Crippen molar-refractivity contribution in [2.75, 3.05) is 19.6 Å². The molecular formula is C12H19N5O. The van der Waals surface area contributed by atoms with E-state index in [1.807, 2.05) is 4.90 Å². The van der Waals surface area contributed by atoms with E-state index >= 15 is 0 Å². The summed E-state index contributed by atoms with van der Waals surface area (Å²) in [5.74, 6) is 0.0102. The minimum atomic E-state index is -0.0567. The van der Waals surface area contributed by atoms with Crippen molar-refractivity contribution in [3.8, 4) is 0 Å². The number of likely N-dealkylation sites (tertiary alicyclic amines) is 1. The number of rotatable bonds is 2. The summed E-state index contributed by atoms with van der Waals surface area (Å²) in [5.41, 5.74) is 0.413. The van der Waals surface area contributed by atoms with E-state index in [0.29, 0.717) is 11.7 Å². The predicted molar refractivity (Wildman–Crippen MR) is 66.3 cm³/mol. The van der Waals surface area contributed by atoms with Gasteiger partial charge in [-0.1, -0.05) is 5.21 Å². The molecule has 98 valence electrons. The number of hydrogen-bond acceptors (Lipinski definition) is 4. The quantitative estimate of drug-likeness (QED) is 0.826. The molecule has 0 aromatic carbocycles. The topological polar surface area (TPSA) is 63.1 Å². The molecule has 1 aromatic heterocycles. The molecule has 3 rings (SSSR count). The number of aromatic nitrogens is 3. The van der Waals surface area contributed by atoms with Gasteiger partial charge in [0.25, 0.3) is 5.91 Å². The predicted octanol–water partition coefficient (Wildman–Crippen LogP) is 0.437. The number of carbonyl (C=O) groups excluding carboxylic acids is 1. The fourth-order valence-electron chi connectivity index (χ4n) is 2.64. The van der Waals surface area contributed by atoms with Gasteiger partial charge >= 0.3 is 0 Å². The van der Waals surface area contributed by atoms with E-state index in [-0.39, 0.29) is 11.4 Å². The van der Waals surface area contributed by atoms with Gasteiger partial charge in [-0.3, -0.25) is 4.79 Å². The van der Waals surface area contributed by atoms with Crippen LogP contribution in [0.4, 0.5) is 0 Å². The van der Waals surface area contributed by atoms with Crippen molar-refractivity contribution < 1.29 is 4.79 Å². The molecule has 1 aromatic rings. The molecule has 0 radical (unpaired) electrons. The third-order valence-corrected chi connectivity index (χ3v) is 4.01. The van der Waals surface area contributed by atoms with Crippen LogP contribution in [0.1, 0.15) is 43.2 Å². The highest BCUT2D eigenvalue weighted by Crippen LogP contribution is 2.29. The Morgan fingerprint density at radius 2 is 2.28 bits per heavy atom. The molecule has 0 bridgehead atoms. The standard InChI is InChI=1S/C12H19N5O/c1-12(2)4-3-5-16(12)11(18)10-8-17(15-14-10)9-6-13-7-9/h8-9,13H,3-7H2,1-2H3. The summed E-state index contributed by atoms with van der Waals surface area (Å²) in [6.45, 7) is 6.86. The molecule has 0 spiro atoms. The van der Waals surface area contributed by atoms with E-state index in [4.69, 9.17) is 0 Å². The lowest BCUT2D eigenvalue weighted by molar-refractivity contribution is 0.0645. The summed E-state index contributed by atoms with van der Waals surface area (Å²) in [7, 11) is 0. The fourth-order valence-corrected chi connectivity index (χ4v) is 2.64. The van der Waals surface area contributed by atoms with Crippen LogP contribution in [-0.4, -0.2) is 51.0 Å². The molecule has 0 saturated carbocycles. The summed E-state index contributed by atoms with van der Waals surface area (Å²) in [6, 6.07) is 0.352. The Morgan fingerprint density at radius 1 is 1.50 bits per heavy atom. The summed E-state index contributed by atoms with van der Waals surface area (Å²) < 4.78 is 1.80. The second kappa shape index (κ2) is 4.05. The van der Waals surface area contributed by atoms with Gasteiger partial charge in [0, 0.05) is 25.2 Å². The van der Waals surface area contributed by atoms with Crippen LogP contribution in [-0.2, 0) is 0 Å². The zero-order chi connectivity index (χ0) is 12.8. The van der Waals surface area contributed by atoms with Crippen LogP contribution >= 0.6 is 0 Å². The van der Waals surface area contributed by atoms with Gasteiger partial charge in [0.1, 0.15) is 0 Å². The van der Waals surface area contributed by atoms with Crippen molar-refractivity contribution in [1.29, 1.82) is 0 Å². The van der Waals surface area contributed by atoms with Crippen molar-refractivity contribution in [2.45, 2.75) is 38.3 Å². The SMILES string of the molecule is CC1(C)CCCN1C(=O)c1cn(C2CNC2)nn1. The fraction of sp³-hybridized carbons (Fsp3) is 0.750. The van der Waals surface area contributed by atoms with Crippen molar-refractivity contribution >= 4 is 5.91 Å². The van der Waals surface area contributed by atoms with E-state index < -0.39 is 0 Å². The Balaban J connectivity index is 1.77. The normalized spacial score (nSPS) is 23.1.